The Kier molecular flexibility index (Phi) is 7.53. The van der Waals surface area contributed by atoms with Gasteiger partial charge in [-0.25, -0.2) is 0 Å². The molecule has 2 aromatic carbocycles. The van der Waals surface area contributed by atoms with Crippen LogP contribution >= 0.6 is 23.2 Å². The molecule has 0 bridgehead atoms. The number of anilines is 1. The quantitative estimate of drug-likeness (QED) is 0.510. The molecule has 2 N–H and O–H groups in total. The number of hydrogen-bond acceptors (Lipinski definition) is 2. The van der Waals surface area contributed by atoms with Crippen molar-refractivity contribution >= 4 is 60.2 Å². The van der Waals surface area contributed by atoms with Crippen LogP contribution in [-0.2, 0) is 16.0 Å². The van der Waals surface area contributed by atoms with Crippen molar-refractivity contribution in [1.82, 2.24) is 0 Å². The number of rotatable bonds is 7. The summed E-state index contributed by atoms with van der Waals surface area (Å²) >= 11 is 11.4. The average molecular weight is 443 g/mol. The molecule has 0 radical (unpaired) electrons. The van der Waals surface area contributed by atoms with E-state index in [1.807, 2.05) is 30.3 Å². The molecule has 25 heavy (non-hydrogen) atoms. The van der Waals surface area contributed by atoms with Crippen molar-refractivity contribution in [2.75, 3.05) is 5.32 Å². The summed E-state index contributed by atoms with van der Waals surface area (Å²) in [5, 5.41) is 11.1. The van der Waals surface area contributed by atoms with Crippen LogP contribution in [0.2, 0.25) is 5.32 Å². The van der Waals surface area contributed by atoms with Crippen LogP contribution < -0.4 is 9.78 Å². The number of hydrogen-bond donors (Lipinski definition) is 2. The second-order valence-corrected chi connectivity index (χ2v) is 8.20. The Labute approximate surface area is 162 Å². The summed E-state index contributed by atoms with van der Waals surface area (Å²) in [6, 6.07) is 17.7. The first-order valence-corrected chi connectivity index (χ1v) is 10.2. The van der Waals surface area contributed by atoms with E-state index in [1.54, 1.807) is 12.1 Å². The molecule has 4 nitrogen and oxygen atoms in total. The van der Waals surface area contributed by atoms with Gasteiger partial charge in [0.1, 0.15) is 0 Å². The topological polar surface area (TPSA) is 66.4 Å². The molecule has 130 valence electrons. The van der Waals surface area contributed by atoms with Crippen LogP contribution in [0.25, 0.3) is 0 Å². The number of benzene rings is 2. The minimum absolute atomic E-state index is 0.336. The van der Waals surface area contributed by atoms with Gasteiger partial charge < -0.3 is 0 Å². The van der Waals surface area contributed by atoms with Crippen molar-refractivity contribution < 1.29 is 14.7 Å². The third-order valence-corrected chi connectivity index (χ3v) is 6.13. The van der Waals surface area contributed by atoms with E-state index in [-0.39, 0.29) is 0 Å². The Balaban J connectivity index is 1.88. The summed E-state index contributed by atoms with van der Waals surface area (Å²) < 4.78 is 1.21. The van der Waals surface area contributed by atoms with Gasteiger partial charge in [0.05, 0.1) is 0 Å². The molecule has 0 atom stereocenters. The molecule has 0 aliphatic carbocycles. The Morgan fingerprint density at radius 3 is 2.20 bits per heavy atom. The van der Waals surface area contributed by atoms with Crippen molar-refractivity contribution in [3.63, 3.8) is 0 Å². The van der Waals surface area contributed by atoms with Crippen LogP contribution in [0.5, 0.6) is 0 Å². The summed E-state index contributed by atoms with van der Waals surface area (Å²) in [4.78, 5) is 22.5. The van der Waals surface area contributed by atoms with Crippen LogP contribution in [0.15, 0.2) is 64.7 Å². The Hall–Kier alpha value is -1.78. The number of carbonyl (C=O) groups is 2. The van der Waals surface area contributed by atoms with Gasteiger partial charge in [0.2, 0.25) is 0 Å². The molecule has 0 aliphatic rings. The predicted octanol–water partition coefficient (Wildman–Crippen LogP) is 3.39. The van der Waals surface area contributed by atoms with Crippen molar-refractivity contribution in [2.45, 2.75) is 11.7 Å². The minimum atomic E-state index is -1.45. The summed E-state index contributed by atoms with van der Waals surface area (Å²) in [6.07, 6.45) is 1.04. The van der Waals surface area contributed by atoms with Crippen molar-refractivity contribution in [3.8, 4) is 0 Å². The number of aryl methyl sites for hydroxylation is 1. The number of carbonyl (C=O) groups excluding carboxylic acids is 1. The first-order chi connectivity index (χ1) is 12.0. The third kappa shape index (κ3) is 6.22. The van der Waals surface area contributed by atoms with Crippen LogP contribution in [0.1, 0.15) is 5.56 Å². The van der Waals surface area contributed by atoms with Gasteiger partial charge in [0.15, 0.2) is 0 Å². The first kappa shape index (κ1) is 19.5. The molecular formula is C18H15Cl2NO3Se. The van der Waals surface area contributed by atoms with Gasteiger partial charge in [-0.05, 0) is 0 Å². The van der Waals surface area contributed by atoms with Crippen molar-refractivity contribution in [1.29, 1.82) is 0 Å². The fraction of sp³-hybridized carbons (Fsp3) is 0.111. The van der Waals surface area contributed by atoms with Crippen molar-refractivity contribution in [3.05, 3.63) is 70.2 Å². The van der Waals surface area contributed by atoms with E-state index >= 15 is 0 Å². The van der Waals surface area contributed by atoms with E-state index in [0.29, 0.717) is 20.6 Å². The number of carboxylic acids is 1. The van der Waals surface area contributed by atoms with Crippen molar-refractivity contribution in [2.24, 2.45) is 0 Å². The Morgan fingerprint density at radius 1 is 0.960 bits per heavy atom. The van der Waals surface area contributed by atoms with Gasteiger partial charge in [-0.2, -0.15) is 0 Å². The van der Waals surface area contributed by atoms with Gasteiger partial charge in [-0.3, -0.25) is 0 Å². The molecule has 0 fully saturated rings. The molecule has 0 saturated carbocycles. The van der Waals surface area contributed by atoms with E-state index in [1.165, 1.54) is 10.0 Å². The normalized spacial score (nSPS) is 11.6. The molecule has 0 aliphatic heterocycles. The van der Waals surface area contributed by atoms with E-state index < -0.39 is 21.9 Å². The zero-order chi connectivity index (χ0) is 18.2. The van der Waals surface area contributed by atoms with Crippen LogP contribution in [0.4, 0.5) is 5.69 Å². The van der Waals surface area contributed by atoms with Crippen LogP contribution in [0.3, 0.4) is 0 Å². The monoisotopic (exact) mass is 443 g/mol. The Bertz CT molecular complexity index is 777. The maximum absolute atomic E-state index is 11.8. The fourth-order valence-electron chi connectivity index (χ4n) is 1.95. The second kappa shape index (κ2) is 9.64. The summed E-state index contributed by atoms with van der Waals surface area (Å²) in [5.74, 6) is -2.20. The molecule has 0 spiro atoms. The molecule has 2 rings (SSSR count). The number of nitrogens with one attached hydrogen (secondary N) is 1. The fourth-order valence-corrected chi connectivity index (χ4v) is 4.05. The molecule has 7 heteroatoms. The van der Waals surface area contributed by atoms with Crippen LogP contribution in [0, 0.1) is 0 Å². The van der Waals surface area contributed by atoms with Gasteiger partial charge in [-0.15, -0.1) is 0 Å². The molecular weight excluding hydrogens is 428 g/mol. The van der Waals surface area contributed by atoms with E-state index in [0.717, 1.165) is 11.7 Å². The summed E-state index contributed by atoms with van der Waals surface area (Å²) in [5.41, 5.74) is 1.85. The predicted molar refractivity (Wildman–Crippen MR) is 102 cm³/mol. The second-order valence-electron chi connectivity index (χ2n) is 5.00. The van der Waals surface area contributed by atoms with Crippen LogP contribution in [-0.4, -0.2) is 31.9 Å². The standard InChI is InChI=1S/C18H15Cl2NO3Se/c19-15(16(20)18(23)24)17(22)21-13-6-8-14(9-7-13)25-11-10-12-4-2-1-3-5-12/h1-9H,10-11H2,(H,21,22)(H,23,24)/b16-15-. The number of amides is 1. The number of carboxylic acid groups (broad SMARTS) is 1. The molecule has 0 saturated heterocycles. The zero-order valence-electron chi connectivity index (χ0n) is 13.0. The summed E-state index contributed by atoms with van der Waals surface area (Å²) in [7, 11) is 0. The third-order valence-electron chi connectivity index (χ3n) is 3.19. The Morgan fingerprint density at radius 2 is 1.60 bits per heavy atom. The summed E-state index contributed by atoms with van der Waals surface area (Å²) in [6.45, 7) is 0. The van der Waals surface area contributed by atoms with E-state index in [2.05, 4.69) is 17.4 Å². The molecule has 0 heterocycles. The number of halogens is 2. The maximum atomic E-state index is 11.8. The van der Waals surface area contributed by atoms with E-state index in [9.17, 15) is 9.59 Å². The first-order valence-electron chi connectivity index (χ1n) is 7.34. The molecule has 1 amide bonds. The van der Waals surface area contributed by atoms with Gasteiger partial charge in [0.25, 0.3) is 0 Å². The number of aliphatic carboxylic acids is 1. The molecule has 0 unspecified atom stereocenters. The SMILES string of the molecule is O=C(O)/C(Cl)=C(/Cl)C(=O)Nc1ccc([Se]CCc2ccccc2)cc1. The van der Waals surface area contributed by atoms with Gasteiger partial charge in [0, 0.05) is 0 Å². The zero-order valence-corrected chi connectivity index (χ0v) is 16.3. The van der Waals surface area contributed by atoms with E-state index in [4.69, 9.17) is 28.3 Å². The van der Waals surface area contributed by atoms with Gasteiger partial charge >= 0.3 is 162 Å². The average Bonchev–Trinajstić information content (AvgIpc) is 2.62. The molecule has 0 aromatic heterocycles. The molecule has 2 aromatic rings. The van der Waals surface area contributed by atoms with Gasteiger partial charge in [-0.1, -0.05) is 0 Å².